The first-order valence-electron chi connectivity index (χ1n) is 6.01. The van der Waals surface area contributed by atoms with E-state index in [0.29, 0.717) is 13.0 Å². The van der Waals surface area contributed by atoms with Crippen LogP contribution >= 0.6 is 0 Å². The van der Waals surface area contributed by atoms with Gasteiger partial charge in [0.2, 0.25) is 10.0 Å². The van der Waals surface area contributed by atoms with E-state index in [1.807, 2.05) is 30.8 Å². The second kappa shape index (κ2) is 6.76. The molecular weight excluding hydrogens is 238 g/mol. The van der Waals surface area contributed by atoms with Crippen LogP contribution in [-0.4, -0.2) is 30.5 Å². The maximum atomic E-state index is 11.5. The predicted molar refractivity (Wildman–Crippen MR) is 68.3 cm³/mol. The van der Waals surface area contributed by atoms with Crippen molar-refractivity contribution >= 4 is 10.0 Å². The molecule has 0 radical (unpaired) electrons. The normalized spacial score (nSPS) is 11.9. The lowest BCUT2D eigenvalue weighted by Gasteiger charge is -2.06. The Hall–Kier alpha value is -0.880. The van der Waals surface area contributed by atoms with E-state index in [4.69, 9.17) is 0 Å². The van der Waals surface area contributed by atoms with Crippen LogP contribution in [0.25, 0.3) is 0 Å². The first-order valence-corrected chi connectivity index (χ1v) is 7.66. The van der Waals surface area contributed by atoms with Gasteiger partial charge in [0.1, 0.15) is 0 Å². The third-order valence-corrected chi connectivity index (χ3v) is 3.90. The number of nitrogens with one attached hydrogen (secondary N) is 1. The van der Waals surface area contributed by atoms with Gasteiger partial charge < -0.3 is 0 Å². The highest BCUT2D eigenvalue weighted by molar-refractivity contribution is 7.89. The van der Waals surface area contributed by atoms with Gasteiger partial charge in [-0.05, 0) is 25.8 Å². The summed E-state index contributed by atoms with van der Waals surface area (Å²) in [6.07, 6.45) is 4.27. The Morgan fingerprint density at radius 2 is 2.18 bits per heavy atom. The van der Waals surface area contributed by atoms with Gasteiger partial charge in [0.25, 0.3) is 0 Å². The molecule has 1 rings (SSSR count). The number of aryl methyl sites for hydroxylation is 2. The van der Waals surface area contributed by atoms with Crippen LogP contribution in [0, 0.1) is 6.92 Å². The standard InChI is InChI=1S/C11H21N3O2S/c1-3-4-10-17(15,16)12-7-5-8-14-9-6-11(2)13-14/h6,9,12H,3-5,7-8,10H2,1-2H3. The van der Waals surface area contributed by atoms with E-state index in [1.54, 1.807) is 0 Å². The molecule has 0 aromatic carbocycles. The van der Waals surface area contributed by atoms with Crippen LogP contribution in [0.4, 0.5) is 0 Å². The van der Waals surface area contributed by atoms with Crippen molar-refractivity contribution in [2.75, 3.05) is 12.3 Å². The lowest BCUT2D eigenvalue weighted by molar-refractivity contribution is 0.549. The molecule has 98 valence electrons. The number of hydrogen-bond donors (Lipinski definition) is 1. The number of nitrogens with zero attached hydrogens (tertiary/aromatic N) is 2. The van der Waals surface area contributed by atoms with Crippen molar-refractivity contribution in [2.45, 2.75) is 39.7 Å². The van der Waals surface area contributed by atoms with E-state index < -0.39 is 10.0 Å². The first kappa shape index (κ1) is 14.2. The van der Waals surface area contributed by atoms with Crippen molar-refractivity contribution in [3.63, 3.8) is 0 Å². The summed E-state index contributed by atoms with van der Waals surface area (Å²) in [7, 11) is -3.07. The Morgan fingerprint density at radius 3 is 2.76 bits per heavy atom. The lowest BCUT2D eigenvalue weighted by Crippen LogP contribution is -2.28. The van der Waals surface area contributed by atoms with Gasteiger partial charge in [-0.15, -0.1) is 0 Å². The smallest absolute Gasteiger partial charge is 0.211 e. The van der Waals surface area contributed by atoms with Crippen LogP contribution in [0.3, 0.4) is 0 Å². The zero-order chi connectivity index (χ0) is 12.7. The first-order chi connectivity index (χ1) is 8.03. The Bertz CT molecular complexity index is 426. The Morgan fingerprint density at radius 1 is 1.41 bits per heavy atom. The fraction of sp³-hybridized carbons (Fsp3) is 0.727. The topological polar surface area (TPSA) is 64.0 Å². The Labute approximate surface area is 103 Å². The summed E-state index contributed by atoms with van der Waals surface area (Å²) in [5.41, 5.74) is 0.980. The molecular formula is C11H21N3O2S. The summed E-state index contributed by atoms with van der Waals surface area (Å²) in [6.45, 7) is 5.13. The molecule has 0 spiro atoms. The second-order valence-corrected chi connectivity index (χ2v) is 6.07. The van der Waals surface area contributed by atoms with Gasteiger partial charge in [0.15, 0.2) is 0 Å². The minimum absolute atomic E-state index is 0.227. The number of sulfonamides is 1. The number of aromatic nitrogens is 2. The average molecular weight is 259 g/mol. The van der Waals surface area contributed by atoms with E-state index in [-0.39, 0.29) is 5.75 Å². The summed E-state index contributed by atoms with van der Waals surface area (Å²) in [5, 5.41) is 4.23. The fourth-order valence-corrected chi connectivity index (χ4v) is 2.73. The molecule has 0 aliphatic heterocycles. The van der Waals surface area contributed by atoms with Gasteiger partial charge in [0.05, 0.1) is 11.4 Å². The molecule has 0 saturated heterocycles. The van der Waals surface area contributed by atoms with Crippen molar-refractivity contribution in [1.82, 2.24) is 14.5 Å². The van der Waals surface area contributed by atoms with Crippen LogP contribution in [-0.2, 0) is 16.6 Å². The van der Waals surface area contributed by atoms with Gasteiger partial charge in [-0.2, -0.15) is 5.10 Å². The average Bonchev–Trinajstić information content (AvgIpc) is 2.68. The quantitative estimate of drug-likeness (QED) is 0.716. The molecule has 0 atom stereocenters. The number of rotatable bonds is 8. The molecule has 1 N–H and O–H groups in total. The van der Waals surface area contributed by atoms with Crippen LogP contribution in [0.1, 0.15) is 31.9 Å². The number of unbranched alkanes of at least 4 members (excludes halogenated alkanes) is 1. The molecule has 0 fully saturated rings. The van der Waals surface area contributed by atoms with E-state index >= 15 is 0 Å². The summed E-state index contributed by atoms with van der Waals surface area (Å²) in [5.74, 6) is 0.227. The van der Waals surface area contributed by atoms with Crippen molar-refractivity contribution in [3.05, 3.63) is 18.0 Å². The molecule has 6 heteroatoms. The highest BCUT2D eigenvalue weighted by atomic mass is 32.2. The largest absolute Gasteiger partial charge is 0.272 e. The van der Waals surface area contributed by atoms with E-state index in [9.17, 15) is 8.42 Å². The summed E-state index contributed by atoms with van der Waals surface area (Å²) < 4.78 is 27.4. The van der Waals surface area contributed by atoms with Crippen LogP contribution in [0.2, 0.25) is 0 Å². The maximum absolute atomic E-state index is 11.5. The zero-order valence-corrected chi connectivity index (χ0v) is 11.3. The van der Waals surface area contributed by atoms with Gasteiger partial charge >= 0.3 is 0 Å². The van der Waals surface area contributed by atoms with Gasteiger partial charge in [0, 0.05) is 19.3 Å². The van der Waals surface area contributed by atoms with E-state index in [0.717, 1.165) is 25.1 Å². The fourth-order valence-electron chi connectivity index (χ4n) is 1.46. The van der Waals surface area contributed by atoms with Gasteiger partial charge in [-0.3, -0.25) is 4.68 Å². The van der Waals surface area contributed by atoms with Crippen molar-refractivity contribution in [2.24, 2.45) is 0 Å². The highest BCUT2D eigenvalue weighted by Crippen LogP contribution is 1.96. The lowest BCUT2D eigenvalue weighted by atomic mass is 10.4. The molecule has 1 aromatic heterocycles. The highest BCUT2D eigenvalue weighted by Gasteiger charge is 2.07. The zero-order valence-electron chi connectivity index (χ0n) is 10.5. The predicted octanol–water partition coefficient (Wildman–Crippen LogP) is 1.30. The van der Waals surface area contributed by atoms with Gasteiger partial charge in [-0.1, -0.05) is 13.3 Å². The van der Waals surface area contributed by atoms with Crippen molar-refractivity contribution in [1.29, 1.82) is 0 Å². The third kappa shape index (κ3) is 5.83. The second-order valence-electron chi connectivity index (χ2n) is 4.14. The molecule has 0 saturated carbocycles. The molecule has 0 aliphatic carbocycles. The maximum Gasteiger partial charge on any atom is 0.211 e. The summed E-state index contributed by atoms with van der Waals surface area (Å²) in [6, 6.07) is 1.94. The minimum Gasteiger partial charge on any atom is -0.272 e. The molecule has 1 heterocycles. The van der Waals surface area contributed by atoms with Crippen LogP contribution in [0.15, 0.2) is 12.3 Å². The summed E-state index contributed by atoms with van der Waals surface area (Å²) >= 11 is 0. The molecule has 0 aliphatic rings. The van der Waals surface area contributed by atoms with Crippen LogP contribution in [0.5, 0.6) is 0 Å². The SMILES string of the molecule is CCCCS(=O)(=O)NCCCn1ccc(C)n1. The number of hydrogen-bond acceptors (Lipinski definition) is 3. The molecule has 0 bridgehead atoms. The molecule has 17 heavy (non-hydrogen) atoms. The van der Waals surface area contributed by atoms with E-state index in [1.165, 1.54) is 0 Å². The molecule has 1 aromatic rings. The van der Waals surface area contributed by atoms with Gasteiger partial charge in [-0.25, -0.2) is 13.1 Å². The molecule has 0 unspecified atom stereocenters. The van der Waals surface area contributed by atoms with E-state index in [2.05, 4.69) is 9.82 Å². The summed E-state index contributed by atoms with van der Waals surface area (Å²) in [4.78, 5) is 0. The van der Waals surface area contributed by atoms with Crippen LogP contribution < -0.4 is 4.72 Å². The third-order valence-electron chi connectivity index (χ3n) is 2.43. The van der Waals surface area contributed by atoms with Crippen molar-refractivity contribution in [3.8, 4) is 0 Å². The van der Waals surface area contributed by atoms with Crippen molar-refractivity contribution < 1.29 is 8.42 Å². The Kier molecular flexibility index (Phi) is 5.64. The Balaban J connectivity index is 2.19. The minimum atomic E-state index is -3.07. The monoisotopic (exact) mass is 259 g/mol. The molecule has 0 amide bonds. The molecule has 5 nitrogen and oxygen atoms in total.